The van der Waals surface area contributed by atoms with Gasteiger partial charge in [0.25, 0.3) is 0 Å². The van der Waals surface area contributed by atoms with Crippen molar-refractivity contribution in [3.05, 3.63) is 29.8 Å². The molecule has 0 bridgehead atoms. The molecule has 0 spiro atoms. The summed E-state index contributed by atoms with van der Waals surface area (Å²) in [6.45, 7) is 3.84. The van der Waals surface area contributed by atoms with Crippen LogP contribution in [0.2, 0.25) is 0 Å². The Kier molecular flexibility index (Phi) is 6.73. The standard InChI is InChI=1S/C15H21NO4/c1-11(17)10-16-15(19)4-3-9-20-14-7-5-13(6-8-14)12(2)18/h5-8,11,17H,3-4,9-10H2,1-2H3,(H,16,19)/t11-/m0/s1. The summed E-state index contributed by atoms with van der Waals surface area (Å²) in [6.07, 6.45) is 0.424. The monoisotopic (exact) mass is 279 g/mol. The van der Waals surface area contributed by atoms with E-state index in [0.717, 1.165) is 0 Å². The normalized spacial score (nSPS) is 11.8. The van der Waals surface area contributed by atoms with Crippen molar-refractivity contribution in [2.45, 2.75) is 32.8 Å². The molecule has 5 heteroatoms. The van der Waals surface area contributed by atoms with Gasteiger partial charge < -0.3 is 15.2 Å². The molecule has 0 saturated heterocycles. The highest BCUT2D eigenvalue weighted by Crippen LogP contribution is 2.12. The van der Waals surface area contributed by atoms with Crippen molar-refractivity contribution in [3.63, 3.8) is 0 Å². The Morgan fingerprint density at radius 2 is 1.95 bits per heavy atom. The first kappa shape index (κ1) is 16.2. The molecule has 20 heavy (non-hydrogen) atoms. The van der Waals surface area contributed by atoms with Gasteiger partial charge in [-0.1, -0.05) is 0 Å². The Bertz CT molecular complexity index is 440. The van der Waals surface area contributed by atoms with E-state index < -0.39 is 6.10 Å². The number of ketones is 1. The number of ether oxygens (including phenoxy) is 1. The molecule has 0 heterocycles. The lowest BCUT2D eigenvalue weighted by molar-refractivity contribution is -0.121. The molecule has 0 aliphatic rings. The first-order chi connectivity index (χ1) is 9.49. The average molecular weight is 279 g/mol. The van der Waals surface area contributed by atoms with Crippen LogP contribution in [0.3, 0.4) is 0 Å². The summed E-state index contributed by atoms with van der Waals surface area (Å²) in [5.74, 6) is 0.604. The molecule has 2 N–H and O–H groups in total. The van der Waals surface area contributed by atoms with Crippen LogP contribution in [0.4, 0.5) is 0 Å². The minimum absolute atomic E-state index is 0.0198. The van der Waals surface area contributed by atoms with Crippen LogP contribution < -0.4 is 10.1 Å². The maximum Gasteiger partial charge on any atom is 0.220 e. The second kappa shape index (κ2) is 8.32. The molecule has 0 aromatic heterocycles. The third-order valence-corrected chi connectivity index (χ3v) is 2.67. The summed E-state index contributed by atoms with van der Waals surface area (Å²) >= 11 is 0. The molecule has 0 radical (unpaired) electrons. The third kappa shape index (κ3) is 6.33. The molecule has 0 aliphatic carbocycles. The number of hydrogen-bond acceptors (Lipinski definition) is 4. The predicted octanol–water partition coefficient (Wildman–Crippen LogP) is 1.55. The number of Topliss-reactive ketones (excluding diaryl/α,β-unsaturated/α-hetero) is 1. The molecule has 5 nitrogen and oxygen atoms in total. The summed E-state index contributed by atoms with van der Waals surface area (Å²) in [5.41, 5.74) is 0.648. The number of carbonyl (C=O) groups excluding carboxylic acids is 2. The van der Waals surface area contributed by atoms with Gasteiger partial charge in [-0.3, -0.25) is 9.59 Å². The highest BCUT2D eigenvalue weighted by atomic mass is 16.5. The lowest BCUT2D eigenvalue weighted by Crippen LogP contribution is -2.30. The third-order valence-electron chi connectivity index (χ3n) is 2.67. The average Bonchev–Trinajstić information content (AvgIpc) is 2.42. The van der Waals surface area contributed by atoms with Crippen molar-refractivity contribution in [2.24, 2.45) is 0 Å². The quantitative estimate of drug-likeness (QED) is 0.559. The summed E-state index contributed by atoms with van der Waals surface area (Å²) in [4.78, 5) is 22.5. The SMILES string of the molecule is CC(=O)c1ccc(OCCCC(=O)NC[C@H](C)O)cc1. The molecule has 1 aromatic carbocycles. The van der Waals surface area contributed by atoms with Gasteiger partial charge in [0.15, 0.2) is 5.78 Å². The molecule has 1 amide bonds. The second-order valence-corrected chi connectivity index (χ2v) is 4.69. The van der Waals surface area contributed by atoms with Crippen molar-refractivity contribution >= 4 is 11.7 Å². The Hall–Kier alpha value is -1.88. The minimum Gasteiger partial charge on any atom is -0.494 e. The number of carbonyl (C=O) groups is 2. The lowest BCUT2D eigenvalue weighted by atomic mass is 10.1. The molecule has 1 aromatic rings. The molecule has 1 rings (SSSR count). The van der Waals surface area contributed by atoms with Crippen LogP contribution in [-0.4, -0.2) is 36.1 Å². The van der Waals surface area contributed by atoms with Crippen molar-refractivity contribution in [2.75, 3.05) is 13.2 Å². The molecular formula is C15H21NO4. The van der Waals surface area contributed by atoms with Gasteiger partial charge in [0, 0.05) is 18.5 Å². The zero-order chi connectivity index (χ0) is 15.0. The molecule has 0 fully saturated rings. The molecule has 0 unspecified atom stereocenters. The van der Waals surface area contributed by atoms with Gasteiger partial charge in [-0.05, 0) is 44.5 Å². The van der Waals surface area contributed by atoms with Gasteiger partial charge in [0.05, 0.1) is 12.7 Å². The van der Waals surface area contributed by atoms with E-state index in [9.17, 15) is 9.59 Å². The number of hydrogen-bond donors (Lipinski definition) is 2. The number of amides is 1. The summed E-state index contributed by atoms with van der Waals surface area (Å²) < 4.78 is 5.48. The van der Waals surface area contributed by atoms with Crippen molar-refractivity contribution in [1.29, 1.82) is 0 Å². The zero-order valence-corrected chi connectivity index (χ0v) is 11.9. The Labute approximate surface area is 118 Å². The summed E-state index contributed by atoms with van der Waals surface area (Å²) in [5, 5.41) is 11.6. The van der Waals surface area contributed by atoms with Crippen LogP contribution >= 0.6 is 0 Å². The van der Waals surface area contributed by atoms with E-state index in [-0.39, 0.29) is 18.2 Å². The van der Waals surface area contributed by atoms with Crippen molar-refractivity contribution in [1.82, 2.24) is 5.32 Å². The predicted molar refractivity (Wildman–Crippen MR) is 75.9 cm³/mol. The van der Waals surface area contributed by atoms with Crippen molar-refractivity contribution < 1.29 is 19.4 Å². The second-order valence-electron chi connectivity index (χ2n) is 4.69. The largest absolute Gasteiger partial charge is 0.494 e. The fraction of sp³-hybridized carbons (Fsp3) is 0.467. The topological polar surface area (TPSA) is 75.6 Å². The fourth-order valence-corrected chi connectivity index (χ4v) is 1.56. The van der Waals surface area contributed by atoms with E-state index in [4.69, 9.17) is 9.84 Å². The van der Waals surface area contributed by atoms with Crippen molar-refractivity contribution in [3.8, 4) is 5.75 Å². The maximum atomic E-state index is 11.4. The van der Waals surface area contributed by atoms with E-state index in [1.54, 1.807) is 31.2 Å². The Morgan fingerprint density at radius 1 is 1.30 bits per heavy atom. The van der Waals surface area contributed by atoms with Gasteiger partial charge in [0.2, 0.25) is 5.91 Å². The van der Waals surface area contributed by atoms with Crippen LogP contribution in [0, 0.1) is 0 Å². The molecule has 110 valence electrons. The van der Waals surface area contributed by atoms with Gasteiger partial charge in [-0.25, -0.2) is 0 Å². The zero-order valence-electron chi connectivity index (χ0n) is 11.9. The van der Waals surface area contributed by atoms with Crippen LogP contribution in [0.15, 0.2) is 24.3 Å². The highest BCUT2D eigenvalue weighted by Gasteiger charge is 2.03. The molecular weight excluding hydrogens is 258 g/mol. The van der Waals surface area contributed by atoms with Gasteiger partial charge in [0.1, 0.15) is 5.75 Å². The Morgan fingerprint density at radius 3 is 2.50 bits per heavy atom. The molecule has 0 saturated carbocycles. The van der Waals surface area contributed by atoms with Crippen LogP contribution in [0.1, 0.15) is 37.0 Å². The first-order valence-corrected chi connectivity index (χ1v) is 6.67. The van der Waals surface area contributed by atoms with Gasteiger partial charge in [-0.2, -0.15) is 0 Å². The first-order valence-electron chi connectivity index (χ1n) is 6.67. The summed E-state index contributed by atoms with van der Waals surface area (Å²) in [7, 11) is 0. The molecule has 1 atom stereocenters. The lowest BCUT2D eigenvalue weighted by Gasteiger charge is -2.08. The fourth-order valence-electron chi connectivity index (χ4n) is 1.56. The smallest absolute Gasteiger partial charge is 0.220 e. The van der Waals surface area contributed by atoms with Crippen LogP contribution in [0.25, 0.3) is 0 Å². The van der Waals surface area contributed by atoms with Gasteiger partial charge in [-0.15, -0.1) is 0 Å². The molecule has 0 aliphatic heterocycles. The number of aliphatic hydroxyl groups excluding tert-OH is 1. The van der Waals surface area contributed by atoms with Crippen LogP contribution in [-0.2, 0) is 4.79 Å². The highest BCUT2D eigenvalue weighted by molar-refractivity contribution is 5.94. The van der Waals surface area contributed by atoms with E-state index in [2.05, 4.69) is 5.32 Å². The number of benzene rings is 1. The van der Waals surface area contributed by atoms with Crippen LogP contribution in [0.5, 0.6) is 5.75 Å². The van der Waals surface area contributed by atoms with E-state index >= 15 is 0 Å². The number of nitrogens with one attached hydrogen (secondary N) is 1. The number of aliphatic hydroxyl groups is 1. The Balaban J connectivity index is 2.21. The summed E-state index contributed by atoms with van der Waals surface area (Å²) in [6, 6.07) is 6.91. The van der Waals surface area contributed by atoms with E-state index in [0.29, 0.717) is 30.8 Å². The van der Waals surface area contributed by atoms with Gasteiger partial charge >= 0.3 is 0 Å². The van der Waals surface area contributed by atoms with E-state index in [1.165, 1.54) is 6.92 Å². The minimum atomic E-state index is -0.532. The number of rotatable bonds is 8. The van der Waals surface area contributed by atoms with E-state index in [1.807, 2.05) is 0 Å². The maximum absolute atomic E-state index is 11.4.